The summed E-state index contributed by atoms with van der Waals surface area (Å²) in [6, 6.07) is 7.59. The minimum absolute atomic E-state index is 0.303. The van der Waals surface area contributed by atoms with Gasteiger partial charge in [0.2, 0.25) is 0 Å². The maximum Gasteiger partial charge on any atom is 0.194 e. The van der Waals surface area contributed by atoms with Gasteiger partial charge in [0, 0.05) is 0 Å². The molecule has 84 valence electrons. The molecule has 1 aliphatic heterocycles. The second-order valence-corrected chi connectivity index (χ2v) is 3.42. The molecule has 1 aromatic carbocycles. The van der Waals surface area contributed by atoms with Crippen LogP contribution in [0, 0.1) is 0 Å². The number of rotatable bonds is 3. The minimum atomic E-state index is -0.303. The normalized spacial score (nSPS) is 17.0. The Kier molecular flexibility index (Phi) is 2.43. The fourth-order valence-electron chi connectivity index (χ4n) is 1.58. The summed E-state index contributed by atoms with van der Waals surface area (Å²) >= 11 is 0. The van der Waals surface area contributed by atoms with E-state index in [0.29, 0.717) is 19.8 Å². The van der Waals surface area contributed by atoms with Gasteiger partial charge in [0.05, 0.1) is 13.2 Å². The topological polar surface area (TPSA) is 58.4 Å². The quantitative estimate of drug-likeness (QED) is 0.742. The molecule has 3 rings (SSSR count). The van der Waals surface area contributed by atoms with Gasteiger partial charge in [-0.25, -0.2) is 0 Å². The molecule has 2 heterocycles. The van der Waals surface area contributed by atoms with Gasteiger partial charge in [-0.15, -0.1) is 5.10 Å². The van der Waals surface area contributed by atoms with Crippen LogP contribution in [0.3, 0.4) is 0 Å². The van der Waals surface area contributed by atoms with Crippen molar-refractivity contribution in [2.75, 3.05) is 19.8 Å². The van der Waals surface area contributed by atoms with E-state index in [1.807, 2.05) is 24.3 Å². The molecule has 0 radical (unpaired) electrons. The zero-order chi connectivity index (χ0) is 10.8. The van der Waals surface area contributed by atoms with Crippen LogP contribution in [0.4, 0.5) is 0 Å². The Morgan fingerprint density at radius 1 is 1.31 bits per heavy atom. The van der Waals surface area contributed by atoms with Crippen LogP contribution in [0.25, 0.3) is 11.0 Å². The predicted octanol–water partition coefficient (Wildman–Crippen LogP) is 0.233. The monoisotopic (exact) mass is 221 g/mol. The van der Waals surface area contributed by atoms with Crippen LogP contribution < -0.4 is 4.84 Å². The van der Waals surface area contributed by atoms with E-state index in [1.165, 1.54) is 4.85 Å². The van der Waals surface area contributed by atoms with Crippen LogP contribution in [-0.2, 0) is 9.47 Å². The van der Waals surface area contributed by atoms with E-state index in [2.05, 4.69) is 10.3 Å². The summed E-state index contributed by atoms with van der Waals surface area (Å²) in [4.78, 5) is 6.83. The third-order valence-corrected chi connectivity index (χ3v) is 2.35. The summed E-state index contributed by atoms with van der Waals surface area (Å²) in [7, 11) is 0. The molecule has 16 heavy (non-hydrogen) atoms. The summed E-state index contributed by atoms with van der Waals surface area (Å²) in [6.45, 7) is 1.55. The number of benzene rings is 1. The zero-order valence-electron chi connectivity index (χ0n) is 8.57. The Morgan fingerprint density at radius 3 is 3.00 bits per heavy atom. The van der Waals surface area contributed by atoms with Gasteiger partial charge < -0.3 is 14.3 Å². The summed E-state index contributed by atoms with van der Waals surface area (Å²) in [5.74, 6) is 0. The van der Waals surface area contributed by atoms with E-state index in [-0.39, 0.29) is 6.29 Å². The highest BCUT2D eigenvalue weighted by Crippen LogP contribution is 2.09. The smallest absolute Gasteiger partial charge is 0.194 e. The van der Waals surface area contributed by atoms with E-state index >= 15 is 0 Å². The maximum absolute atomic E-state index is 5.44. The molecule has 0 unspecified atom stereocenters. The molecule has 1 aromatic heterocycles. The molecule has 1 saturated heterocycles. The van der Waals surface area contributed by atoms with Crippen molar-refractivity contribution in [1.29, 1.82) is 0 Å². The van der Waals surface area contributed by atoms with Gasteiger partial charge in [-0.3, -0.25) is 0 Å². The first-order valence-corrected chi connectivity index (χ1v) is 5.10. The Bertz CT molecular complexity index is 479. The molecule has 0 saturated carbocycles. The van der Waals surface area contributed by atoms with Gasteiger partial charge in [-0.1, -0.05) is 17.0 Å². The van der Waals surface area contributed by atoms with Gasteiger partial charge >= 0.3 is 0 Å². The summed E-state index contributed by atoms with van der Waals surface area (Å²) in [5.41, 5.74) is 1.64. The van der Waals surface area contributed by atoms with E-state index in [1.54, 1.807) is 0 Å². The Morgan fingerprint density at radius 2 is 2.12 bits per heavy atom. The average molecular weight is 221 g/mol. The minimum Gasteiger partial charge on any atom is -0.390 e. The van der Waals surface area contributed by atoms with Gasteiger partial charge in [0.1, 0.15) is 11.0 Å². The lowest BCUT2D eigenvalue weighted by molar-refractivity contribution is -0.0999. The molecule has 1 fully saturated rings. The van der Waals surface area contributed by atoms with Crippen LogP contribution in [0.1, 0.15) is 0 Å². The van der Waals surface area contributed by atoms with Crippen molar-refractivity contribution in [3.8, 4) is 0 Å². The lowest BCUT2D eigenvalue weighted by Gasteiger charge is -2.09. The molecule has 0 atom stereocenters. The SMILES string of the molecule is c1ccc2c(c1)nnn2OCC1OCCO1. The van der Waals surface area contributed by atoms with E-state index in [9.17, 15) is 0 Å². The van der Waals surface area contributed by atoms with Gasteiger partial charge in [0.25, 0.3) is 0 Å². The predicted molar refractivity (Wildman–Crippen MR) is 54.7 cm³/mol. The van der Waals surface area contributed by atoms with Crippen LogP contribution >= 0.6 is 0 Å². The Balaban J connectivity index is 1.73. The molecule has 0 N–H and O–H groups in total. The molecule has 0 bridgehead atoms. The lowest BCUT2D eigenvalue weighted by atomic mass is 10.3. The number of nitrogens with zero attached hydrogens (tertiary/aromatic N) is 3. The highest BCUT2D eigenvalue weighted by Gasteiger charge is 2.17. The molecule has 0 amide bonds. The number of aromatic nitrogens is 3. The van der Waals surface area contributed by atoms with Crippen LogP contribution in [0.5, 0.6) is 0 Å². The van der Waals surface area contributed by atoms with E-state index in [4.69, 9.17) is 14.3 Å². The van der Waals surface area contributed by atoms with Crippen LogP contribution in [0.2, 0.25) is 0 Å². The largest absolute Gasteiger partial charge is 0.390 e. The molecule has 1 aliphatic rings. The first kappa shape index (κ1) is 9.56. The molecular weight excluding hydrogens is 210 g/mol. The molecule has 0 spiro atoms. The number of para-hydroxylation sites is 1. The summed E-state index contributed by atoms with van der Waals surface area (Å²) in [6.07, 6.45) is -0.303. The van der Waals surface area contributed by atoms with Crippen molar-refractivity contribution in [3.05, 3.63) is 24.3 Å². The second kappa shape index (κ2) is 4.07. The molecule has 6 heteroatoms. The van der Waals surface area contributed by atoms with Crippen LogP contribution in [0.15, 0.2) is 24.3 Å². The Hall–Kier alpha value is -1.66. The van der Waals surface area contributed by atoms with Gasteiger partial charge in [-0.05, 0) is 17.3 Å². The third kappa shape index (κ3) is 1.72. The van der Waals surface area contributed by atoms with E-state index < -0.39 is 0 Å². The lowest BCUT2D eigenvalue weighted by Crippen LogP contribution is -2.25. The molecule has 6 nitrogen and oxygen atoms in total. The fourth-order valence-corrected chi connectivity index (χ4v) is 1.58. The van der Waals surface area contributed by atoms with Gasteiger partial charge in [0.15, 0.2) is 12.9 Å². The zero-order valence-corrected chi connectivity index (χ0v) is 8.57. The standard InChI is InChI=1S/C10H11N3O3/c1-2-4-9-8(3-1)11-12-13(9)16-7-10-14-5-6-15-10/h1-4,10H,5-7H2. The van der Waals surface area contributed by atoms with Crippen molar-refractivity contribution in [2.24, 2.45) is 0 Å². The number of fused-ring (bicyclic) bond motifs is 1. The van der Waals surface area contributed by atoms with Crippen molar-refractivity contribution < 1.29 is 14.3 Å². The second-order valence-electron chi connectivity index (χ2n) is 3.42. The molecule has 2 aromatic rings. The number of hydrogen-bond donors (Lipinski definition) is 0. The number of hydrogen-bond acceptors (Lipinski definition) is 5. The maximum atomic E-state index is 5.44. The third-order valence-electron chi connectivity index (χ3n) is 2.35. The average Bonchev–Trinajstić information content (AvgIpc) is 2.96. The highest BCUT2D eigenvalue weighted by molar-refractivity contribution is 5.73. The summed E-state index contributed by atoms with van der Waals surface area (Å²) < 4.78 is 10.5. The fraction of sp³-hybridized carbons (Fsp3) is 0.400. The summed E-state index contributed by atoms with van der Waals surface area (Å²) in [5, 5.41) is 7.86. The molecule has 0 aliphatic carbocycles. The highest BCUT2D eigenvalue weighted by atomic mass is 16.8. The van der Waals surface area contributed by atoms with Crippen LogP contribution in [-0.4, -0.2) is 41.3 Å². The first-order chi connectivity index (χ1) is 7.93. The van der Waals surface area contributed by atoms with Crippen molar-refractivity contribution in [1.82, 2.24) is 15.2 Å². The Labute approximate surface area is 91.7 Å². The number of ether oxygens (including phenoxy) is 2. The van der Waals surface area contributed by atoms with Crippen molar-refractivity contribution >= 4 is 11.0 Å². The van der Waals surface area contributed by atoms with Crippen molar-refractivity contribution in [3.63, 3.8) is 0 Å². The first-order valence-electron chi connectivity index (χ1n) is 5.10. The molecular formula is C10H11N3O3. The van der Waals surface area contributed by atoms with Gasteiger partial charge in [-0.2, -0.15) is 0 Å². The van der Waals surface area contributed by atoms with E-state index in [0.717, 1.165) is 11.0 Å². The van der Waals surface area contributed by atoms with Crippen molar-refractivity contribution in [2.45, 2.75) is 6.29 Å².